The van der Waals surface area contributed by atoms with E-state index in [9.17, 15) is 19.2 Å². The Kier molecular flexibility index (Phi) is 13.9. The number of ether oxygens (including phenoxy) is 1. The van der Waals surface area contributed by atoms with Crippen molar-refractivity contribution in [2.24, 2.45) is 5.92 Å². The normalized spacial score (nSPS) is 11.4. The topological polar surface area (TPSA) is 96.0 Å². The van der Waals surface area contributed by atoms with E-state index in [1.54, 1.807) is 12.2 Å². The van der Waals surface area contributed by atoms with Crippen molar-refractivity contribution in [2.75, 3.05) is 33.3 Å². The molecule has 0 aliphatic rings. The molecule has 0 aliphatic heterocycles. The lowest BCUT2D eigenvalue weighted by Crippen LogP contribution is -2.54. The minimum Gasteiger partial charge on any atom is -0.468 e. The highest BCUT2D eigenvalue weighted by molar-refractivity contribution is 5.91. The largest absolute Gasteiger partial charge is 0.468 e. The standard InChI is InChI=1S/C22H37N3O5/c1-7-9-11-13-24(18(5)26)15-19(27)23-21(17(3)4)22(29)25(14-12-10-8-2)16-20(28)30-6/h7-8,17,21H,1-2,9-16H2,3-6H3,(H,23,27)/t21-/m0/s1. The van der Waals surface area contributed by atoms with E-state index in [4.69, 9.17) is 4.74 Å². The Morgan fingerprint density at radius 2 is 1.50 bits per heavy atom. The number of carbonyl (C=O) groups excluding carboxylic acids is 4. The average molecular weight is 424 g/mol. The minimum absolute atomic E-state index is 0.129. The highest BCUT2D eigenvalue weighted by Gasteiger charge is 2.30. The van der Waals surface area contributed by atoms with E-state index >= 15 is 0 Å². The summed E-state index contributed by atoms with van der Waals surface area (Å²) < 4.78 is 4.69. The maximum absolute atomic E-state index is 13.1. The molecule has 0 radical (unpaired) electrons. The van der Waals surface area contributed by atoms with Gasteiger partial charge in [-0.15, -0.1) is 13.2 Å². The van der Waals surface area contributed by atoms with E-state index in [1.165, 1.54) is 23.8 Å². The zero-order valence-electron chi connectivity index (χ0n) is 18.8. The summed E-state index contributed by atoms with van der Waals surface area (Å²) in [6, 6.07) is -0.812. The Hall–Kier alpha value is -2.64. The summed E-state index contributed by atoms with van der Waals surface area (Å²) in [4.78, 5) is 52.1. The third kappa shape index (κ3) is 10.8. The SMILES string of the molecule is C=CCCCN(CC(=O)N[C@H](C(=O)N(CCCC=C)CC(=O)OC)C(C)C)C(C)=O. The van der Waals surface area contributed by atoms with Gasteiger partial charge in [-0.25, -0.2) is 0 Å². The molecule has 0 saturated heterocycles. The Morgan fingerprint density at radius 1 is 0.967 bits per heavy atom. The fraction of sp³-hybridized carbons (Fsp3) is 0.636. The molecule has 0 aromatic heterocycles. The molecule has 1 atom stereocenters. The highest BCUT2D eigenvalue weighted by Crippen LogP contribution is 2.09. The van der Waals surface area contributed by atoms with Crippen LogP contribution in [0.4, 0.5) is 0 Å². The van der Waals surface area contributed by atoms with Crippen molar-refractivity contribution in [3.8, 4) is 0 Å². The van der Waals surface area contributed by atoms with Crippen LogP contribution in [0.1, 0.15) is 46.5 Å². The average Bonchev–Trinajstić information content (AvgIpc) is 2.69. The number of nitrogens with one attached hydrogen (secondary N) is 1. The summed E-state index contributed by atoms with van der Waals surface area (Å²) >= 11 is 0. The first kappa shape index (κ1) is 27.4. The third-order valence-electron chi connectivity index (χ3n) is 4.56. The molecule has 0 aliphatic carbocycles. The van der Waals surface area contributed by atoms with Gasteiger partial charge in [0.15, 0.2) is 0 Å². The number of amides is 3. The van der Waals surface area contributed by atoms with E-state index in [1.807, 2.05) is 13.8 Å². The molecular formula is C22H37N3O5. The van der Waals surface area contributed by atoms with Crippen LogP contribution in [0, 0.1) is 5.92 Å². The molecule has 0 bridgehead atoms. The van der Waals surface area contributed by atoms with Crippen LogP contribution in [0.2, 0.25) is 0 Å². The fourth-order valence-corrected chi connectivity index (χ4v) is 2.79. The van der Waals surface area contributed by atoms with Crippen LogP contribution >= 0.6 is 0 Å². The third-order valence-corrected chi connectivity index (χ3v) is 4.56. The molecule has 0 aromatic rings. The quantitative estimate of drug-likeness (QED) is 0.247. The van der Waals surface area contributed by atoms with Crippen molar-refractivity contribution in [3.63, 3.8) is 0 Å². The van der Waals surface area contributed by atoms with Gasteiger partial charge in [-0.2, -0.15) is 0 Å². The van der Waals surface area contributed by atoms with Crippen LogP contribution in [0.25, 0.3) is 0 Å². The van der Waals surface area contributed by atoms with Gasteiger partial charge in [0.1, 0.15) is 12.6 Å². The van der Waals surface area contributed by atoms with E-state index in [2.05, 4.69) is 18.5 Å². The molecule has 0 fully saturated rings. The molecule has 0 spiro atoms. The van der Waals surface area contributed by atoms with Gasteiger partial charge in [-0.3, -0.25) is 19.2 Å². The second kappa shape index (κ2) is 15.2. The van der Waals surface area contributed by atoms with E-state index in [0.29, 0.717) is 32.4 Å². The smallest absolute Gasteiger partial charge is 0.325 e. The second-order valence-electron chi connectivity index (χ2n) is 7.43. The van der Waals surface area contributed by atoms with Crippen LogP contribution in [0.3, 0.4) is 0 Å². The number of hydrogen-bond donors (Lipinski definition) is 1. The van der Waals surface area contributed by atoms with Gasteiger partial charge in [0.2, 0.25) is 17.7 Å². The molecule has 1 N–H and O–H groups in total. The zero-order valence-corrected chi connectivity index (χ0v) is 18.8. The number of esters is 1. The maximum Gasteiger partial charge on any atom is 0.325 e. The van der Waals surface area contributed by atoms with Crippen molar-refractivity contribution >= 4 is 23.7 Å². The Balaban J connectivity index is 5.21. The van der Waals surface area contributed by atoms with Gasteiger partial charge in [0, 0.05) is 20.0 Å². The predicted molar refractivity (Wildman–Crippen MR) is 116 cm³/mol. The summed E-state index contributed by atoms with van der Waals surface area (Å²) in [5.74, 6) is -1.71. The first-order chi connectivity index (χ1) is 14.2. The maximum atomic E-state index is 13.1. The monoisotopic (exact) mass is 423 g/mol. The summed E-state index contributed by atoms with van der Waals surface area (Å²) in [7, 11) is 1.26. The molecule has 30 heavy (non-hydrogen) atoms. The molecule has 0 heterocycles. The Morgan fingerprint density at radius 3 is 1.93 bits per heavy atom. The van der Waals surface area contributed by atoms with Crippen molar-refractivity contribution in [3.05, 3.63) is 25.3 Å². The lowest BCUT2D eigenvalue weighted by atomic mass is 10.0. The summed E-state index contributed by atoms with van der Waals surface area (Å²) in [5.41, 5.74) is 0. The minimum atomic E-state index is -0.812. The Labute approximate surface area is 180 Å². The first-order valence-corrected chi connectivity index (χ1v) is 10.3. The second-order valence-corrected chi connectivity index (χ2v) is 7.43. The molecule has 3 amide bonds. The molecule has 0 rings (SSSR count). The molecular weight excluding hydrogens is 386 g/mol. The summed E-state index contributed by atoms with van der Waals surface area (Å²) in [6.07, 6.45) is 6.29. The van der Waals surface area contributed by atoms with Crippen molar-refractivity contribution in [2.45, 2.75) is 52.5 Å². The molecule has 8 nitrogen and oxygen atoms in total. The van der Waals surface area contributed by atoms with Crippen LogP contribution in [-0.2, 0) is 23.9 Å². The fourth-order valence-electron chi connectivity index (χ4n) is 2.79. The molecule has 8 heteroatoms. The number of methoxy groups -OCH3 is 1. The van der Waals surface area contributed by atoms with Crippen LogP contribution < -0.4 is 5.32 Å². The van der Waals surface area contributed by atoms with Crippen LogP contribution in [0.5, 0.6) is 0 Å². The molecule has 170 valence electrons. The number of nitrogens with zero attached hydrogens (tertiary/aromatic N) is 2. The van der Waals surface area contributed by atoms with Crippen LogP contribution in [-0.4, -0.2) is 72.8 Å². The number of allylic oxidation sites excluding steroid dienone is 2. The van der Waals surface area contributed by atoms with Crippen molar-refractivity contribution < 1.29 is 23.9 Å². The summed E-state index contributed by atoms with van der Waals surface area (Å²) in [6.45, 7) is 12.8. The number of unbranched alkanes of at least 4 members (excludes halogenated alkanes) is 2. The summed E-state index contributed by atoms with van der Waals surface area (Å²) in [5, 5.41) is 2.74. The first-order valence-electron chi connectivity index (χ1n) is 10.3. The van der Waals surface area contributed by atoms with E-state index in [0.717, 1.165) is 6.42 Å². The highest BCUT2D eigenvalue weighted by atomic mass is 16.5. The lowest BCUT2D eigenvalue weighted by molar-refractivity contribution is -0.148. The predicted octanol–water partition coefficient (Wildman–Crippen LogP) is 1.91. The number of rotatable bonds is 15. The molecule has 0 aromatic carbocycles. The molecule has 0 saturated carbocycles. The Bertz CT molecular complexity index is 604. The van der Waals surface area contributed by atoms with Gasteiger partial charge in [0.25, 0.3) is 0 Å². The molecule has 0 unspecified atom stereocenters. The van der Waals surface area contributed by atoms with Gasteiger partial charge in [-0.1, -0.05) is 26.0 Å². The van der Waals surface area contributed by atoms with Crippen molar-refractivity contribution in [1.29, 1.82) is 0 Å². The van der Waals surface area contributed by atoms with Crippen molar-refractivity contribution in [1.82, 2.24) is 15.1 Å². The number of hydrogen-bond acceptors (Lipinski definition) is 5. The van der Waals surface area contributed by atoms with Gasteiger partial charge in [0.05, 0.1) is 13.7 Å². The van der Waals surface area contributed by atoms with E-state index in [-0.39, 0.29) is 30.8 Å². The number of carbonyl (C=O) groups is 4. The van der Waals surface area contributed by atoms with Crippen LogP contribution in [0.15, 0.2) is 25.3 Å². The lowest BCUT2D eigenvalue weighted by Gasteiger charge is -2.30. The van der Waals surface area contributed by atoms with Gasteiger partial charge >= 0.3 is 5.97 Å². The van der Waals surface area contributed by atoms with E-state index < -0.39 is 17.9 Å². The van der Waals surface area contributed by atoms with Gasteiger partial charge in [-0.05, 0) is 31.6 Å². The zero-order chi connectivity index (χ0) is 23.1. The van der Waals surface area contributed by atoms with Gasteiger partial charge < -0.3 is 19.9 Å².